The molecule has 21 heavy (non-hydrogen) atoms. The smallest absolute Gasteiger partial charge is 0.308 e. The van der Waals surface area contributed by atoms with Gasteiger partial charge in [0.2, 0.25) is 0 Å². The number of hydrogen-bond acceptors (Lipinski definition) is 2. The van der Waals surface area contributed by atoms with E-state index in [4.69, 9.17) is 11.6 Å². The summed E-state index contributed by atoms with van der Waals surface area (Å²) in [6, 6.07) is 3.26. The fourth-order valence-corrected chi connectivity index (χ4v) is 3.16. The summed E-state index contributed by atoms with van der Waals surface area (Å²) in [6.07, 6.45) is 1.32. The van der Waals surface area contributed by atoms with Crippen LogP contribution in [0.3, 0.4) is 0 Å². The standard InChI is InChI=1S/C16H20ClNO3/c1-9-7-13(14(17)8-10(9)2)15(19)18-6-4-5-12(11(18)3)16(20)21/h7-8,11-12H,4-6H2,1-3H3,(H,20,21)/t11-,12-/m1/s1. The van der Waals surface area contributed by atoms with Crippen LogP contribution in [-0.2, 0) is 4.79 Å². The summed E-state index contributed by atoms with van der Waals surface area (Å²) in [4.78, 5) is 25.6. The van der Waals surface area contributed by atoms with Crippen molar-refractivity contribution in [2.45, 2.75) is 39.7 Å². The zero-order valence-corrected chi connectivity index (χ0v) is 13.3. The number of piperidine rings is 1. The van der Waals surface area contributed by atoms with Gasteiger partial charge in [0.15, 0.2) is 0 Å². The van der Waals surface area contributed by atoms with Gasteiger partial charge in [-0.25, -0.2) is 0 Å². The van der Waals surface area contributed by atoms with Gasteiger partial charge >= 0.3 is 5.97 Å². The third-order valence-corrected chi connectivity index (χ3v) is 4.69. The van der Waals surface area contributed by atoms with Crippen molar-refractivity contribution in [3.63, 3.8) is 0 Å². The number of carboxylic acids is 1. The van der Waals surface area contributed by atoms with Crippen molar-refractivity contribution in [2.24, 2.45) is 5.92 Å². The minimum Gasteiger partial charge on any atom is -0.481 e. The fraction of sp³-hybridized carbons (Fsp3) is 0.500. The highest BCUT2D eigenvalue weighted by Crippen LogP contribution is 2.28. The van der Waals surface area contributed by atoms with Crippen LogP contribution < -0.4 is 0 Å². The van der Waals surface area contributed by atoms with Crippen LogP contribution in [0.2, 0.25) is 5.02 Å². The lowest BCUT2D eigenvalue weighted by Crippen LogP contribution is -2.49. The first kappa shape index (κ1) is 15.8. The quantitative estimate of drug-likeness (QED) is 0.912. The van der Waals surface area contributed by atoms with E-state index in [9.17, 15) is 14.7 Å². The van der Waals surface area contributed by atoms with Gasteiger partial charge in [-0.15, -0.1) is 0 Å². The van der Waals surface area contributed by atoms with Crippen LogP contribution in [0.25, 0.3) is 0 Å². The van der Waals surface area contributed by atoms with E-state index < -0.39 is 11.9 Å². The van der Waals surface area contributed by atoms with Crippen LogP contribution in [0.15, 0.2) is 12.1 Å². The molecule has 114 valence electrons. The van der Waals surface area contributed by atoms with Crippen LogP contribution in [0.4, 0.5) is 0 Å². The van der Waals surface area contributed by atoms with Crippen molar-refractivity contribution < 1.29 is 14.7 Å². The molecule has 5 heteroatoms. The maximum Gasteiger partial charge on any atom is 0.308 e. The van der Waals surface area contributed by atoms with Gasteiger partial charge in [0.25, 0.3) is 5.91 Å². The highest BCUT2D eigenvalue weighted by molar-refractivity contribution is 6.34. The average Bonchev–Trinajstić information content (AvgIpc) is 2.42. The number of carbonyl (C=O) groups is 2. The molecule has 1 N–H and O–H groups in total. The van der Waals surface area contributed by atoms with Gasteiger partial charge in [-0.05, 0) is 56.9 Å². The first-order valence-corrected chi connectivity index (χ1v) is 7.51. The van der Waals surface area contributed by atoms with Gasteiger partial charge in [0.1, 0.15) is 0 Å². The van der Waals surface area contributed by atoms with Crippen molar-refractivity contribution in [3.05, 3.63) is 33.8 Å². The summed E-state index contributed by atoms with van der Waals surface area (Å²) in [7, 11) is 0. The lowest BCUT2D eigenvalue weighted by molar-refractivity contribution is -0.144. The predicted molar refractivity (Wildman–Crippen MR) is 81.8 cm³/mol. The minimum atomic E-state index is -0.841. The molecule has 1 fully saturated rings. The van der Waals surface area contributed by atoms with Gasteiger partial charge in [0, 0.05) is 12.6 Å². The summed E-state index contributed by atoms with van der Waals surface area (Å²) in [5.41, 5.74) is 2.49. The Labute approximate surface area is 129 Å². The van der Waals surface area contributed by atoms with E-state index in [0.717, 1.165) is 11.1 Å². The highest BCUT2D eigenvalue weighted by atomic mass is 35.5. The molecular formula is C16H20ClNO3. The molecule has 1 heterocycles. The number of hydrogen-bond donors (Lipinski definition) is 1. The third kappa shape index (κ3) is 3.05. The lowest BCUT2D eigenvalue weighted by Gasteiger charge is -2.37. The maximum atomic E-state index is 12.7. The van der Waals surface area contributed by atoms with Gasteiger partial charge in [-0.2, -0.15) is 0 Å². The second-order valence-electron chi connectivity index (χ2n) is 5.74. The number of likely N-dealkylation sites (tertiary alicyclic amines) is 1. The molecule has 0 unspecified atom stereocenters. The van der Waals surface area contributed by atoms with Crippen molar-refractivity contribution in [1.29, 1.82) is 0 Å². The van der Waals surface area contributed by atoms with E-state index in [1.165, 1.54) is 0 Å². The number of aryl methyl sites for hydroxylation is 2. The molecule has 4 nitrogen and oxygen atoms in total. The summed E-state index contributed by atoms with van der Waals surface area (Å²) in [5, 5.41) is 9.67. The van der Waals surface area contributed by atoms with E-state index in [1.54, 1.807) is 24.0 Å². The number of amides is 1. The van der Waals surface area contributed by atoms with E-state index in [-0.39, 0.29) is 11.9 Å². The molecule has 1 aromatic carbocycles. The topological polar surface area (TPSA) is 57.6 Å². The van der Waals surface area contributed by atoms with Crippen molar-refractivity contribution in [1.82, 2.24) is 4.90 Å². The number of halogens is 1. The Kier molecular flexibility index (Phi) is 4.57. The molecular weight excluding hydrogens is 290 g/mol. The summed E-state index contributed by atoms with van der Waals surface area (Å²) >= 11 is 6.20. The molecule has 1 aliphatic rings. The summed E-state index contributed by atoms with van der Waals surface area (Å²) < 4.78 is 0. The predicted octanol–water partition coefficient (Wildman–Crippen LogP) is 3.28. The molecule has 0 bridgehead atoms. The second kappa shape index (κ2) is 6.06. The first-order chi connectivity index (χ1) is 9.82. The Bertz CT molecular complexity index is 585. The van der Waals surface area contributed by atoms with Crippen molar-refractivity contribution in [2.75, 3.05) is 6.54 Å². The number of carboxylic acid groups (broad SMARTS) is 1. The molecule has 1 saturated heterocycles. The summed E-state index contributed by atoms with van der Waals surface area (Å²) in [5.74, 6) is -1.53. The molecule has 2 rings (SSSR count). The Morgan fingerprint density at radius 1 is 1.29 bits per heavy atom. The highest BCUT2D eigenvalue weighted by Gasteiger charge is 2.36. The number of benzene rings is 1. The molecule has 1 aliphatic heterocycles. The number of carbonyl (C=O) groups excluding carboxylic acids is 1. The van der Waals surface area contributed by atoms with Gasteiger partial charge in [0.05, 0.1) is 16.5 Å². The minimum absolute atomic E-state index is 0.179. The van der Waals surface area contributed by atoms with Gasteiger partial charge < -0.3 is 10.0 Å². The van der Waals surface area contributed by atoms with Crippen LogP contribution in [-0.4, -0.2) is 34.5 Å². The number of aliphatic carboxylic acids is 1. The Balaban J connectivity index is 2.31. The van der Waals surface area contributed by atoms with Crippen molar-refractivity contribution in [3.8, 4) is 0 Å². The Hall–Kier alpha value is -1.55. The van der Waals surface area contributed by atoms with Gasteiger partial charge in [-0.1, -0.05) is 11.6 Å². The molecule has 0 saturated carbocycles. The zero-order chi connectivity index (χ0) is 15.7. The monoisotopic (exact) mass is 309 g/mol. The van der Waals surface area contributed by atoms with Crippen LogP contribution in [0, 0.1) is 19.8 Å². The van der Waals surface area contributed by atoms with E-state index in [1.807, 2.05) is 13.8 Å². The van der Waals surface area contributed by atoms with E-state index >= 15 is 0 Å². The zero-order valence-electron chi connectivity index (χ0n) is 12.5. The van der Waals surface area contributed by atoms with Crippen molar-refractivity contribution >= 4 is 23.5 Å². The molecule has 0 aliphatic carbocycles. The second-order valence-corrected chi connectivity index (χ2v) is 6.15. The third-order valence-electron chi connectivity index (χ3n) is 4.38. The van der Waals surface area contributed by atoms with Crippen LogP contribution >= 0.6 is 11.6 Å². The molecule has 2 atom stereocenters. The largest absolute Gasteiger partial charge is 0.481 e. The summed E-state index contributed by atoms with van der Waals surface area (Å²) in [6.45, 7) is 6.25. The van der Waals surface area contributed by atoms with Crippen LogP contribution in [0.5, 0.6) is 0 Å². The SMILES string of the molecule is Cc1cc(Cl)c(C(=O)N2CCC[C@@H](C(=O)O)[C@H]2C)cc1C. The molecule has 1 amide bonds. The molecule has 0 spiro atoms. The molecule has 0 aromatic heterocycles. The normalized spacial score (nSPS) is 22.2. The first-order valence-electron chi connectivity index (χ1n) is 7.13. The number of rotatable bonds is 2. The Morgan fingerprint density at radius 2 is 1.90 bits per heavy atom. The average molecular weight is 310 g/mol. The Morgan fingerprint density at radius 3 is 2.52 bits per heavy atom. The van der Waals surface area contributed by atoms with Crippen LogP contribution in [0.1, 0.15) is 41.3 Å². The fourth-order valence-electron chi connectivity index (χ4n) is 2.86. The van der Waals surface area contributed by atoms with E-state index in [2.05, 4.69) is 0 Å². The maximum absolute atomic E-state index is 12.7. The molecule has 1 aromatic rings. The van der Waals surface area contributed by atoms with Gasteiger partial charge in [-0.3, -0.25) is 9.59 Å². The molecule has 0 radical (unpaired) electrons. The van der Waals surface area contributed by atoms with E-state index in [0.29, 0.717) is 30.0 Å². The number of nitrogens with zero attached hydrogens (tertiary/aromatic N) is 1. The lowest BCUT2D eigenvalue weighted by atomic mass is 9.89.